The number of carbonyl (C=O) groups is 1. The maximum absolute atomic E-state index is 12.2. The molecule has 7 nitrogen and oxygen atoms in total. The summed E-state index contributed by atoms with van der Waals surface area (Å²) in [5, 5.41) is 7.95. The molecule has 0 unspecified atom stereocenters. The first kappa shape index (κ1) is 16.7. The van der Waals surface area contributed by atoms with Crippen molar-refractivity contribution in [3.05, 3.63) is 29.8 Å². The van der Waals surface area contributed by atoms with Gasteiger partial charge in [0.2, 0.25) is 10.0 Å². The third-order valence-electron chi connectivity index (χ3n) is 3.58. The van der Waals surface area contributed by atoms with Gasteiger partial charge in [-0.2, -0.15) is 0 Å². The molecule has 1 aromatic carbocycles. The lowest BCUT2D eigenvalue weighted by molar-refractivity contribution is -0.00380. The third-order valence-corrected chi connectivity index (χ3v) is 4.51. The van der Waals surface area contributed by atoms with E-state index in [2.05, 4.69) is 5.32 Å². The van der Waals surface area contributed by atoms with Gasteiger partial charge in [0.25, 0.3) is 0 Å². The zero-order valence-corrected chi connectivity index (χ0v) is 13.5. The monoisotopic (exact) mass is 327 g/mol. The van der Waals surface area contributed by atoms with Crippen LogP contribution in [0.4, 0.5) is 4.79 Å². The van der Waals surface area contributed by atoms with Gasteiger partial charge in [0.1, 0.15) is 0 Å². The number of benzene rings is 1. The van der Waals surface area contributed by atoms with Crippen molar-refractivity contribution in [3.63, 3.8) is 0 Å². The number of nitrogens with two attached hydrogens (primary N) is 1. The molecule has 0 radical (unpaired) electrons. The number of hydrogen-bond acceptors (Lipinski definition) is 4. The molecule has 1 aromatic rings. The molecule has 1 aliphatic rings. The van der Waals surface area contributed by atoms with Gasteiger partial charge >= 0.3 is 6.03 Å². The van der Waals surface area contributed by atoms with Crippen LogP contribution in [0.15, 0.2) is 29.2 Å². The number of ether oxygens (including phenoxy) is 1. The van der Waals surface area contributed by atoms with E-state index in [-0.39, 0.29) is 23.1 Å². The summed E-state index contributed by atoms with van der Waals surface area (Å²) in [5.74, 6) is 0. The number of primary sulfonamides is 1. The molecule has 1 fully saturated rings. The largest absolute Gasteiger partial charge is 0.375 e. The molecule has 0 aliphatic carbocycles. The Morgan fingerprint density at radius 3 is 2.59 bits per heavy atom. The van der Waals surface area contributed by atoms with E-state index in [0.717, 1.165) is 5.56 Å². The number of urea groups is 1. The van der Waals surface area contributed by atoms with Crippen LogP contribution in [0.2, 0.25) is 0 Å². The van der Waals surface area contributed by atoms with E-state index in [4.69, 9.17) is 9.88 Å². The minimum atomic E-state index is -3.70. The number of hydrogen-bond donors (Lipinski definition) is 2. The molecule has 0 spiro atoms. The predicted octanol–water partition coefficient (Wildman–Crippen LogP) is 0.825. The van der Waals surface area contributed by atoms with Gasteiger partial charge in [-0.3, -0.25) is 0 Å². The highest BCUT2D eigenvalue weighted by molar-refractivity contribution is 7.89. The Kier molecular flexibility index (Phi) is 5.05. The second-order valence-corrected chi connectivity index (χ2v) is 6.97. The standard InChI is InChI=1S/C14H21N3O4S/c1-10-9-17(7-8-21-10)14(18)16-11(2)12-3-5-13(6-4-12)22(15,19)20/h3-6,10-11H,7-9H2,1-2H3,(H,16,18)(H2,15,19,20)/t10-,11+/m1/s1. The van der Waals surface area contributed by atoms with Crippen molar-refractivity contribution >= 4 is 16.1 Å². The summed E-state index contributed by atoms with van der Waals surface area (Å²) in [7, 11) is -3.70. The van der Waals surface area contributed by atoms with Gasteiger partial charge in [-0.05, 0) is 31.5 Å². The Hall–Kier alpha value is -1.64. The van der Waals surface area contributed by atoms with Crippen LogP contribution in [-0.2, 0) is 14.8 Å². The van der Waals surface area contributed by atoms with Crippen LogP contribution in [0, 0.1) is 0 Å². The Labute approximate surface area is 130 Å². The highest BCUT2D eigenvalue weighted by Crippen LogP contribution is 2.16. The zero-order chi connectivity index (χ0) is 16.3. The molecule has 122 valence electrons. The summed E-state index contributed by atoms with van der Waals surface area (Å²) < 4.78 is 27.8. The molecule has 8 heteroatoms. The molecule has 1 aliphatic heterocycles. The van der Waals surface area contributed by atoms with Crippen molar-refractivity contribution in [2.45, 2.75) is 30.9 Å². The Balaban J connectivity index is 1.99. The van der Waals surface area contributed by atoms with E-state index in [1.54, 1.807) is 17.0 Å². The molecule has 0 saturated carbocycles. The van der Waals surface area contributed by atoms with Gasteiger partial charge in [0.15, 0.2) is 0 Å². The molecule has 0 bridgehead atoms. The highest BCUT2D eigenvalue weighted by Gasteiger charge is 2.22. The fraction of sp³-hybridized carbons (Fsp3) is 0.500. The normalized spacial score (nSPS) is 20.5. The van der Waals surface area contributed by atoms with Gasteiger partial charge in [0.05, 0.1) is 23.6 Å². The van der Waals surface area contributed by atoms with Crippen LogP contribution in [0.25, 0.3) is 0 Å². The second kappa shape index (κ2) is 6.64. The third kappa shape index (κ3) is 4.19. The molecule has 2 atom stereocenters. The number of sulfonamides is 1. The smallest absolute Gasteiger partial charge is 0.318 e. The quantitative estimate of drug-likeness (QED) is 0.858. The number of rotatable bonds is 3. The van der Waals surface area contributed by atoms with Crippen molar-refractivity contribution in [2.24, 2.45) is 5.14 Å². The van der Waals surface area contributed by atoms with Crippen LogP contribution in [0.3, 0.4) is 0 Å². The van der Waals surface area contributed by atoms with Gasteiger partial charge < -0.3 is 15.0 Å². The number of nitrogens with zero attached hydrogens (tertiary/aromatic N) is 1. The molecule has 3 N–H and O–H groups in total. The molecule has 0 aromatic heterocycles. The molecule has 2 rings (SSSR count). The Bertz CT molecular complexity index is 630. The lowest BCUT2D eigenvalue weighted by Crippen LogP contribution is -2.49. The number of carbonyl (C=O) groups excluding carboxylic acids is 1. The summed E-state index contributed by atoms with van der Waals surface area (Å²) in [6.45, 7) is 5.42. The first-order chi connectivity index (χ1) is 10.3. The summed E-state index contributed by atoms with van der Waals surface area (Å²) >= 11 is 0. The Morgan fingerprint density at radius 2 is 2.05 bits per heavy atom. The van der Waals surface area contributed by atoms with Gasteiger partial charge in [-0.25, -0.2) is 18.4 Å². The van der Waals surface area contributed by atoms with Gasteiger partial charge in [-0.15, -0.1) is 0 Å². The van der Waals surface area contributed by atoms with E-state index in [9.17, 15) is 13.2 Å². The van der Waals surface area contributed by atoms with Crippen LogP contribution in [0.1, 0.15) is 25.5 Å². The van der Waals surface area contributed by atoms with Crippen LogP contribution >= 0.6 is 0 Å². The van der Waals surface area contributed by atoms with Crippen molar-refractivity contribution in [2.75, 3.05) is 19.7 Å². The van der Waals surface area contributed by atoms with Crippen LogP contribution in [0.5, 0.6) is 0 Å². The molecular weight excluding hydrogens is 306 g/mol. The minimum absolute atomic E-state index is 0.0313. The summed E-state index contributed by atoms with van der Waals surface area (Å²) in [6, 6.07) is 5.77. The second-order valence-electron chi connectivity index (χ2n) is 5.41. The SMILES string of the molecule is C[C@@H]1CN(C(=O)N[C@@H](C)c2ccc(S(N)(=O)=O)cc2)CCO1. The maximum Gasteiger partial charge on any atom is 0.318 e. The molecule has 1 heterocycles. The minimum Gasteiger partial charge on any atom is -0.375 e. The lowest BCUT2D eigenvalue weighted by atomic mass is 10.1. The Morgan fingerprint density at radius 1 is 1.41 bits per heavy atom. The van der Waals surface area contributed by atoms with E-state index in [0.29, 0.717) is 19.7 Å². The van der Waals surface area contributed by atoms with E-state index in [1.165, 1.54) is 12.1 Å². The number of morpholine rings is 1. The topological polar surface area (TPSA) is 102 Å². The molecule has 22 heavy (non-hydrogen) atoms. The molecule has 1 saturated heterocycles. The van der Waals surface area contributed by atoms with Crippen molar-refractivity contribution in [1.29, 1.82) is 0 Å². The van der Waals surface area contributed by atoms with E-state index < -0.39 is 10.0 Å². The highest BCUT2D eigenvalue weighted by atomic mass is 32.2. The number of nitrogens with one attached hydrogen (secondary N) is 1. The average molecular weight is 327 g/mol. The summed E-state index contributed by atoms with van der Waals surface area (Å²) in [4.78, 5) is 14.0. The first-order valence-electron chi connectivity index (χ1n) is 7.07. The van der Waals surface area contributed by atoms with Gasteiger partial charge in [-0.1, -0.05) is 12.1 Å². The maximum atomic E-state index is 12.2. The molecular formula is C14H21N3O4S. The number of amides is 2. The van der Waals surface area contributed by atoms with Crippen LogP contribution < -0.4 is 10.5 Å². The van der Waals surface area contributed by atoms with Crippen LogP contribution in [-0.4, -0.2) is 45.1 Å². The molecule has 2 amide bonds. The zero-order valence-electron chi connectivity index (χ0n) is 12.7. The fourth-order valence-corrected chi connectivity index (χ4v) is 2.82. The average Bonchev–Trinajstić information content (AvgIpc) is 2.46. The van der Waals surface area contributed by atoms with E-state index in [1.807, 2.05) is 13.8 Å². The van der Waals surface area contributed by atoms with E-state index >= 15 is 0 Å². The van der Waals surface area contributed by atoms with Crippen molar-refractivity contribution in [1.82, 2.24) is 10.2 Å². The van der Waals surface area contributed by atoms with Crippen molar-refractivity contribution in [3.8, 4) is 0 Å². The fourth-order valence-electron chi connectivity index (χ4n) is 2.31. The first-order valence-corrected chi connectivity index (χ1v) is 8.62. The summed E-state index contributed by atoms with van der Waals surface area (Å²) in [5.41, 5.74) is 0.807. The van der Waals surface area contributed by atoms with Gasteiger partial charge in [0, 0.05) is 13.1 Å². The summed E-state index contributed by atoms with van der Waals surface area (Å²) in [6.07, 6.45) is 0.0313. The predicted molar refractivity (Wildman–Crippen MR) is 81.7 cm³/mol. The van der Waals surface area contributed by atoms with Crippen molar-refractivity contribution < 1.29 is 17.9 Å². The lowest BCUT2D eigenvalue weighted by Gasteiger charge is -2.32.